The highest BCUT2D eigenvalue weighted by Gasteiger charge is 2.46. The number of aliphatic hydroxyl groups excluding tert-OH is 3. The number of nitrogens with zero attached hydrogens (tertiary/aromatic N) is 1. The highest BCUT2D eigenvalue weighted by Crippen LogP contribution is 2.23. The van der Waals surface area contributed by atoms with E-state index in [-0.39, 0.29) is 5.91 Å². The van der Waals surface area contributed by atoms with Gasteiger partial charge in [-0.3, -0.25) is 9.63 Å². The predicted molar refractivity (Wildman–Crippen MR) is 60.1 cm³/mol. The Labute approximate surface area is 105 Å². The van der Waals surface area contributed by atoms with E-state index >= 15 is 0 Å². The molecular formula is C10H20N2O6. The lowest BCUT2D eigenvalue weighted by molar-refractivity contribution is -0.295. The van der Waals surface area contributed by atoms with Gasteiger partial charge in [0.15, 0.2) is 6.23 Å². The topological polar surface area (TPSA) is 111 Å². The first-order chi connectivity index (χ1) is 8.42. The highest BCUT2D eigenvalue weighted by atomic mass is 16.7. The third kappa shape index (κ3) is 3.16. The number of likely N-dealkylation sites (N-methyl/N-ethyl adjacent to an activating group) is 1. The van der Waals surface area contributed by atoms with Crippen LogP contribution in [0.25, 0.3) is 0 Å². The molecule has 18 heavy (non-hydrogen) atoms. The zero-order valence-electron chi connectivity index (χ0n) is 10.6. The largest absolute Gasteiger partial charge is 0.394 e. The van der Waals surface area contributed by atoms with Gasteiger partial charge in [0, 0.05) is 14.0 Å². The van der Waals surface area contributed by atoms with Crippen molar-refractivity contribution >= 4 is 5.91 Å². The molecule has 1 saturated heterocycles. The molecule has 1 fully saturated rings. The van der Waals surface area contributed by atoms with E-state index in [0.717, 1.165) is 0 Å². The molecule has 1 heterocycles. The van der Waals surface area contributed by atoms with Crippen LogP contribution in [0.15, 0.2) is 0 Å². The Kier molecular flexibility index (Phi) is 5.45. The Morgan fingerprint density at radius 1 is 1.44 bits per heavy atom. The third-order valence-corrected chi connectivity index (χ3v) is 2.92. The molecule has 0 unspecified atom stereocenters. The summed E-state index contributed by atoms with van der Waals surface area (Å²) in [6.45, 7) is 0.847. The molecule has 0 spiro atoms. The van der Waals surface area contributed by atoms with Crippen LogP contribution in [0.4, 0.5) is 0 Å². The minimum absolute atomic E-state index is 0.369. The summed E-state index contributed by atoms with van der Waals surface area (Å²) >= 11 is 0. The summed E-state index contributed by atoms with van der Waals surface area (Å²) in [5.41, 5.74) is 0. The molecule has 1 amide bonds. The Bertz CT molecular complexity index is 290. The standard InChI is InChI=1S/C10H20N2O6/c1-5(14)11-7-9(16)8(15)6(4-13)18-10(7)12(2)17-3/h6-10,13,15-16H,4H2,1-3H3,(H,11,14)/t6-,7-,8-,9-,10-/m1/s1. The van der Waals surface area contributed by atoms with Crippen LogP contribution >= 0.6 is 0 Å². The van der Waals surface area contributed by atoms with Gasteiger partial charge in [0.1, 0.15) is 18.3 Å². The zero-order valence-corrected chi connectivity index (χ0v) is 10.6. The van der Waals surface area contributed by atoms with Gasteiger partial charge in [-0.05, 0) is 0 Å². The Balaban J connectivity index is 2.90. The van der Waals surface area contributed by atoms with E-state index in [2.05, 4.69) is 5.32 Å². The summed E-state index contributed by atoms with van der Waals surface area (Å²) < 4.78 is 5.41. The maximum Gasteiger partial charge on any atom is 0.217 e. The maximum absolute atomic E-state index is 11.1. The van der Waals surface area contributed by atoms with Crippen molar-refractivity contribution < 1.29 is 29.7 Å². The van der Waals surface area contributed by atoms with Crippen LogP contribution < -0.4 is 5.32 Å². The summed E-state index contributed by atoms with van der Waals surface area (Å²) in [6, 6.07) is -0.856. The average Bonchev–Trinajstić information content (AvgIpc) is 2.34. The molecule has 1 rings (SSSR count). The second kappa shape index (κ2) is 6.41. The number of aliphatic hydroxyl groups is 3. The number of carbonyl (C=O) groups excluding carboxylic acids is 1. The van der Waals surface area contributed by atoms with Crippen molar-refractivity contribution in [2.45, 2.75) is 37.5 Å². The fourth-order valence-corrected chi connectivity index (χ4v) is 1.90. The summed E-state index contributed by atoms with van der Waals surface area (Å²) in [4.78, 5) is 16.1. The maximum atomic E-state index is 11.1. The van der Waals surface area contributed by atoms with Crippen LogP contribution in [0.2, 0.25) is 0 Å². The smallest absolute Gasteiger partial charge is 0.217 e. The lowest BCUT2D eigenvalue weighted by Crippen LogP contribution is -2.67. The van der Waals surface area contributed by atoms with Crippen LogP contribution in [0.3, 0.4) is 0 Å². The van der Waals surface area contributed by atoms with E-state index in [1.807, 2.05) is 0 Å². The zero-order chi connectivity index (χ0) is 13.9. The number of hydrogen-bond donors (Lipinski definition) is 4. The summed E-state index contributed by atoms with van der Waals surface area (Å²) in [6.07, 6.45) is -4.29. The van der Waals surface area contributed by atoms with E-state index in [1.54, 1.807) is 7.05 Å². The van der Waals surface area contributed by atoms with E-state index in [1.165, 1.54) is 19.1 Å². The van der Waals surface area contributed by atoms with Gasteiger partial charge < -0.3 is 25.4 Å². The van der Waals surface area contributed by atoms with Gasteiger partial charge >= 0.3 is 0 Å². The van der Waals surface area contributed by atoms with Gasteiger partial charge in [-0.1, -0.05) is 0 Å². The van der Waals surface area contributed by atoms with Gasteiger partial charge in [0.05, 0.1) is 19.8 Å². The number of carbonyl (C=O) groups is 1. The fourth-order valence-electron chi connectivity index (χ4n) is 1.90. The molecule has 4 N–H and O–H groups in total. The van der Waals surface area contributed by atoms with Gasteiger partial charge in [0.2, 0.25) is 5.91 Å². The number of nitrogens with one attached hydrogen (secondary N) is 1. The molecule has 0 aliphatic carbocycles. The quantitative estimate of drug-likeness (QED) is 0.413. The first-order valence-electron chi connectivity index (χ1n) is 5.58. The highest BCUT2D eigenvalue weighted by molar-refractivity contribution is 5.73. The van der Waals surface area contributed by atoms with Gasteiger partial charge in [-0.25, -0.2) is 0 Å². The van der Waals surface area contributed by atoms with E-state index in [0.29, 0.717) is 0 Å². The molecule has 0 saturated carbocycles. The summed E-state index contributed by atoms with van der Waals surface area (Å²) in [5, 5.41) is 32.6. The molecule has 106 valence electrons. The van der Waals surface area contributed by atoms with Gasteiger partial charge in [0.25, 0.3) is 0 Å². The minimum Gasteiger partial charge on any atom is -0.394 e. The van der Waals surface area contributed by atoms with Gasteiger partial charge in [-0.15, -0.1) is 0 Å². The Hall–Kier alpha value is -0.770. The molecule has 8 nitrogen and oxygen atoms in total. The number of rotatable bonds is 4. The number of hydrogen-bond acceptors (Lipinski definition) is 7. The monoisotopic (exact) mass is 264 g/mol. The molecule has 0 radical (unpaired) electrons. The predicted octanol–water partition coefficient (Wildman–Crippen LogP) is -2.58. The molecule has 0 bridgehead atoms. The van der Waals surface area contributed by atoms with E-state index in [9.17, 15) is 15.0 Å². The summed E-state index contributed by atoms with van der Waals surface area (Å²) in [7, 11) is 2.96. The Morgan fingerprint density at radius 3 is 2.50 bits per heavy atom. The number of hydroxylamine groups is 2. The summed E-state index contributed by atoms with van der Waals surface area (Å²) in [5.74, 6) is -0.369. The van der Waals surface area contributed by atoms with Crippen LogP contribution in [-0.2, 0) is 14.4 Å². The van der Waals surface area contributed by atoms with Crippen molar-refractivity contribution in [3.63, 3.8) is 0 Å². The third-order valence-electron chi connectivity index (χ3n) is 2.92. The SMILES string of the molecule is CON(C)[C@@H]1O[C@H](CO)[C@@H](O)[C@H](O)[C@H]1NC(C)=O. The molecular weight excluding hydrogens is 244 g/mol. The van der Waals surface area contributed by atoms with Crippen LogP contribution in [-0.4, -0.2) is 77.6 Å². The molecule has 0 aromatic carbocycles. The number of ether oxygens (including phenoxy) is 1. The van der Waals surface area contributed by atoms with Crippen LogP contribution in [0.5, 0.6) is 0 Å². The van der Waals surface area contributed by atoms with Crippen LogP contribution in [0, 0.1) is 0 Å². The fraction of sp³-hybridized carbons (Fsp3) is 0.900. The number of amides is 1. The molecule has 5 atom stereocenters. The first kappa shape index (κ1) is 15.3. The van der Waals surface area contributed by atoms with Crippen molar-refractivity contribution in [1.82, 2.24) is 10.4 Å². The molecule has 1 aliphatic rings. The van der Waals surface area contributed by atoms with Crippen molar-refractivity contribution in [1.29, 1.82) is 0 Å². The molecule has 0 aromatic heterocycles. The van der Waals surface area contributed by atoms with Crippen molar-refractivity contribution in [3.8, 4) is 0 Å². The lowest BCUT2D eigenvalue weighted by Gasteiger charge is -2.44. The van der Waals surface area contributed by atoms with Crippen molar-refractivity contribution in [2.24, 2.45) is 0 Å². The minimum atomic E-state index is -1.28. The van der Waals surface area contributed by atoms with E-state index < -0.39 is 37.2 Å². The Morgan fingerprint density at radius 2 is 2.06 bits per heavy atom. The van der Waals surface area contributed by atoms with Gasteiger partial charge in [-0.2, -0.15) is 5.06 Å². The normalized spacial score (nSPS) is 36.7. The lowest BCUT2D eigenvalue weighted by atomic mass is 9.96. The second-order valence-electron chi connectivity index (χ2n) is 4.18. The van der Waals surface area contributed by atoms with Crippen molar-refractivity contribution in [2.75, 3.05) is 20.8 Å². The molecule has 8 heteroatoms. The van der Waals surface area contributed by atoms with E-state index in [4.69, 9.17) is 14.7 Å². The van der Waals surface area contributed by atoms with Crippen molar-refractivity contribution in [3.05, 3.63) is 0 Å². The molecule has 0 aromatic rings. The second-order valence-corrected chi connectivity index (χ2v) is 4.18. The first-order valence-corrected chi connectivity index (χ1v) is 5.58. The van der Waals surface area contributed by atoms with Crippen LogP contribution in [0.1, 0.15) is 6.92 Å². The molecule has 1 aliphatic heterocycles. The average molecular weight is 264 g/mol.